The molecular formula is C26H27N3O4. The highest BCUT2D eigenvalue weighted by Gasteiger charge is 2.13. The van der Waals surface area contributed by atoms with Gasteiger partial charge in [0, 0.05) is 29.8 Å². The molecule has 0 fully saturated rings. The molecule has 0 bridgehead atoms. The van der Waals surface area contributed by atoms with E-state index < -0.39 is 0 Å². The second-order valence-electron chi connectivity index (χ2n) is 7.65. The Hall–Kier alpha value is -4.00. The number of carbonyl (C=O) groups excluding carboxylic acids is 1. The zero-order chi connectivity index (χ0) is 23.2. The minimum absolute atomic E-state index is 0.0500. The van der Waals surface area contributed by atoms with Crippen molar-refractivity contribution < 1.29 is 19.0 Å². The lowest BCUT2D eigenvalue weighted by molar-refractivity contribution is -0.116. The number of aromatic nitrogens is 2. The summed E-state index contributed by atoms with van der Waals surface area (Å²) in [4.78, 5) is 20.5. The fourth-order valence-corrected chi connectivity index (χ4v) is 3.53. The van der Waals surface area contributed by atoms with E-state index in [0.29, 0.717) is 36.8 Å². The normalized spacial score (nSPS) is 10.8. The highest BCUT2D eigenvalue weighted by Crippen LogP contribution is 2.33. The van der Waals surface area contributed by atoms with Crippen LogP contribution in [0.2, 0.25) is 0 Å². The molecular weight excluding hydrogens is 418 g/mol. The summed E-state index contributed by atoms with van der Waals surface area (Å²) in [5, 5.41) is 3.01. The summed E-state index contributed by atoms with van der Waals surface area (Å²) < 4.78 is 16.4. The van der Waals surface area contributed by atoms with E-state index in [1.54, 1.807) is 14.2 Å². The molecule has 0 aliphatic heterocycles. The van der Waals surface area contributed by atoms with Crippen LogP contribution in [0, 0.1) is 6.92 Å². The number of hydrogen-bond donors (Lipinski definition) is 2. The first-order valence-corrected chi connectivity index (χ1v) is 10.8. The predicted octanol–water partition coefficient (Wildman–Crippen LogP) is 5.35. The third kappa shape index (κ3) is 5.26. The number of H-pyrrole nitrogens is 1. The van der Waals surface area contributed by atoms with E-state index in [-0.39, 0.29) is 5.91 Å². The quantitative estimate of drug-likeness (QED) is 0.339. The topological polar surface area (TPSA) is 85.5 Å². The number of para-hydroxylation sites is 1. The summed E-state index contributed by atoms with van der Waals surface area (Å²) in [6, 6.07) is 19.2. The van der Waals surface area contributed by atoms with Gasteiger partial charge in [-0.1, -0.05) is 30.3 Å². The van der Waals surface area contributed by atoms with E-state index in [4.69, 9.17) is 14.2 Å². The lowest BCUT2D eigenvalue weighted by atomic mass is 10.1. The first-order chi connectivity index (χ1) is 16.1. The second kappa shape index (κ2) is 10.1. The number of nitrogens with one attached hydrogen (secondary N) is 2. The third-order valence-electron chi connectivity index (χ3n) is 5.33. The van der Waals surface area contributed by atoms with E-state index in [1.165, 1.54) is 0 Å². The number of aryl methyl sites for hydroxylation is 1. The number of carbonyl (C=O) groups is 1. The average Bonchev–Trinajstić information content (AvgIpc) is 3.26. The van der Waals surface area contributed by atoms with Crippen LogP contribution < -0.4 is 19.5 Å². The molecule has 1 amide bonds. The van der Waals surface area contributed by atoms with Crippen LogP contribution in [0.25, 0.3) is 22.4 Å². The van der Waals surface area contributed by atoms with Crippen molar-refractivity contribution in [2.75, 3.05) is 26.1 Å². The van der Waals surface area contributed by atoms with Crippen molar-refractivity contribution in [2.24, 2.45) is 0 Å². The number of rotatable bonds is 9. The van der Waals surface area contributed by atoms with Gasteiger partial charge >= 0.3 is 0 Å². The number of benzene rings is 3. The molecule has 4 rings (SSSR count). The lowest BCUT2D eigenvalue weighted by Crippen LogP contribution is -2.13. The highest BCUT2D eigenvalue weighted by atomic mass is 16.5. The molecule has 0 aliphatic carbocycles. The third-order valence-corrected chi connectivity index (χ3v) is 5.33. The van der Waals surface area contributed by atoms with Crippen LogP contribution in [0.1, 0.15) is 18.4 Å². The summed E-state index contributed by atoms with van der Waals surface area (Å²) in [6.45, 7) is 2.45. The molecule has 33 heavy (non-hydrogen) atoms. The Balaban J connectivity index is 1.43. The first-order valence-electron chi connectivity index (χ1n) is 10.8. The van der Waals surface area contributed by atoms with Crippen LogP contribution in [0.5, 0.6) is 17.2 Å². The maximum atomic E-state index is 12.5. The van der Waals surface area contributed by atoms with Crippen LogP contribution in [0.15, 0.2) is 60.7 Å². The molecule has 0 aliphatic rings. The summed E-state index contributed by atoms with van der Waals surface area (Å²) in [7, 11) is 3.20. The van der Waals surface area contributed by atoms with E-state index >= 15 is 0 Å². The van der Waals surface area contributed by atoms with Gasteiger partial charge in [0.05, 0.1) is 31.9 Å². The van der Waals surface area contributed by atoms with Crippen LogP contribution >= 0.6 is 0 Å². The van der Waals surface area contributed by atoms with Gasteiger partial charge in [0.25, 0.3) is 0 Å². The minimum Gasteiger partial charge on any atom is -0.494 e. The van der Waals surface area contributed by atoms with Crippen LogP contribution in [0.4, 0.5) is 5.69 Å². The number of hydrogen-bond acceptors (Lipinski definition) is 5. The van der Waals surface area contributed by atoms with Gasteiger partial charge < -0.3 is 24.5 Å². The number of nitrogens with zero attached hydrogens (tertiary/aromatic N) is 1. The van der Waals surface area contributed by atoms with Crippen molar-refractivity contribution in [3.8, 4) is 28.6 Å². The molecule has 3 aromatic carbocycles. The number of imidazole rings is 1. The SMILES string of the molecule is COc1cc2nc(-c3ccc(C)c(NC(=O)CCCOc4ccccc4)c3)[nH]c2cc1OC. The van der Waals surface area contributed by atoms with Gasteiger partial charge in [-0.05, 0) is 37.1 Å². The minimum atomic E-state index is -0.0500. The van der Waals surface area contributed by atoms with Crippen molar-refractivity contribution in [1.82, 2.24) is 9.97 Å². The van der Waals surface area contributed by atoms with Gasteiger partial charge in [-0.3, -0.25) is 4.79 Å². The van der Waals surface area contributed by atoms with Crippen molar-refractivity contribution in [1.29, 1.82) is 0 Å². The van der Waals surface area contributed by atoms with Gasteiger partial charge in [0.1, 0.15) is 11.6 Å². The van der Waals surface area contributed by atoms with Crippen molar-refractivity contribution in [3.05, 3.63) is 66.2 Å². The van der Waals surface area contributed by atoms with Crippen molar-refractivity contribution in [3.63, 3.8) is 0 Å². The Morgan fingerprint density at radius 2 is 1.76 bits per heavy atom. The number of ether oxygens (including phenoxy) is 3. The largest absolute Gasteiger partial charge is 0.494 e. The molecule has 4 aromatic rings. The predicted molar refractivity (Wildman–Crippen MR) is 129 cm³/mol. The number of fused-ring (bicyclic) bond motifs is 1. The molecule has 0 saturated carbocycles. The Bertz CT molecular complexity index is 1210. The molecule has 1 aromatic heterocycles. The fraction of sp³-hybridized carbons (Fsp3) is 0.231. The molecule has 0 radical (unpaired) electrons. The van der Waals surface area contributed by atoms with Crippen LogP contribution in [-0.4, -0.2) is 36.7 Å². The summed E-state index contributed by atoms with van der Waals surface area (Å²) in [6.07, 6.45) is 1.01. The Morgan fingerprint density at radius 1 is 1.00 bits per heavy atom. The Morgan fingerprint density at radius 3 is 2.52 bits per heavy atom. The van der Waals surface area contributed by atoms with Crippen LogP contribution in [-0.2, 0) is 4.79 Å². The number of aromatic amines is 1. The fourth-order valence-electron chi connectivity index (χ4n) is 3.53. The van der Waals surface area contributed by atoms with Gasteiger partial charge in [-0.2, -0.15) is 0 Å². The lowest BCUT2D eigenvalue weighted by Gasteiger charge is -2.10. The molecule has 1 heterocycles. The summed E-state index contributed by atoms with van der Waals surface area (Å²) in [5.41, 5.74) is 4.22. The monoisotopic (exact) mass is 445 g/mol. The van der Waals surface area contributed by atoms with Gasteiger partial charge in [-0.25, -0.2) is 4.98 Å². The molecule has 7 nitrogen and oxygen atoms in total. The van der Waals surface area contributed by atoms with Gasteiger partial charge in [0.15, 0.2) is 11.5 Å². The van der Waals surface area contributed by atoms with E-state index in [1.807, 2.05) is 67.6 Å². The molecule has 0 unspecified atom stereocenters. The van der Waals surface area contributed by atoms with Crippen molar-refractivity contribution in [2.45, 2.75) is 19.8 Å². The highest BCUT2D eigenvalue weighted by molar-refractivity contribution is 5.92. The first kappa shape index (κ1) is 22.2. The van der Waals surface area contributed by atoms with E-state index in [0.717, 1.165) is 33.6 Å². The maximum Gasteiger partial charge on any atom is 0.224 e. The molecule has 0 saturated heterocycles. The van der Waals surface area contributed by atoms with Crippen molar-refractivity contribution >= 4 is 22.6 Å². The smallest absolute Gasteiger partial charge is 0.224 e. The zero-order valence-corrected chi connectivity index (χ0v) is 19.0. The summed E-state index contributed by atoms with van der Waals surface area (Å²) >= 11 is 0. The standard InChI is InChI=1S/C26H27N3O4/c1-17-11-12-18(26-28-21-15-23(31-2)24(32-3)16-22(21)29-26)14-20(17)27-25(30)10-7-13-33-19-8-5-4-6-9-19/h4-6,8-9,11-12,14-16H,7,10,13H2,1-3H3,(H,27,30)(H,28,29). The molecule has 170 valence electrons. The van der Waals surface area contributed by atoms with Gasteiger partial charge in [-0.15, -0.1) is 0 Å². The Labute approximate surface area is 192 Å². The zero-order valence-electron chi connectivity index (χ0n) is 19.0. The van der Waals surface area contributed by atoms with E-state index in [9.17, 15) is 4.79 Å². The average molecular weight is 446 g/mol. The second-order valence-corrected chi connectivity index (χ2v) is 7.65. The maximum absolute atomic E-state index is 12.5. The van der Waals surface area contributed by atoms with Gasteiger partial charge in [0.2, 0.25) is 5.91 Å². The molecule has 2 N–H and O–H groups in total. The molecule has 7 heteroatoms. The number of methoxy groups -OCH3 is 2. The van der Waals surface area contributed by atoms with E-state index in [2.05, 4.69) is 15.3 Å². The summed E-state index contributed by atoms with van der Waals surface area (Å²) in [5.74, 6) is 2.71. The number of amides is 1. The molecule has 0 atom stereocenters. The Kier molecular flexibility index (Phi) is 6.78. The number of anilines is 1. The molecule has 0 spiro atoms. The van der Waals surface area contributed by atoms with Crippen LogP contribution in [0.3, 0.4) is 0 Å².